The first kappa shape index (κ1) is 10.7. The highest BCUT2D eigenvalue weighted by Gasteiger charge is 2.19. The van der Waals surface area contributed by atoms with Crippen molar-refractivity contribution >= 4 is 18.0 Å². The summed E-state index contributed by atoms with van der Waals surface area (Å²) in [7, 11) is 0. The molecule has 1 aromatic rings. The maximum atomic E-state index is 10.2. The summed E-state index contributed by atoms with van der Waals surface area (Å²) in [5, 5.41) is 0.630. The van der Waals surface area contributed by atoms with Gasteiger partial charge in [-0.1, -0.05) is 12.1 Å². The van der Waals surface area contributed by atoms with Gasteiger partial charge < -0.3 is 9.53 Å². The van der Waals surface area contributed by atoms with Gasteiger partial charge >= 0.3 is 0 Å². The first-order valence-electron chi connectivity index (χ1n) is 5.15. The molecule has 1 aliphatic rings. The molecule has 0 radical (unpaired) electrons. The van der Waals surface area contributed by atoms with Crippen LogP contribution in [0.4, 0.5) is 0 Å². The molecule has 1 aromatic carbocycles. The lowest BCUT2D eigenvalue weighted by Gasteiger charge is -2.25. The summed E-state index contributed by atoms with van der Waals surface area (Å²) in [6, 6.07) is 8.46. The third-order valence-corrected chi connectivity index (χ3v) is 3.53. The predicted octanol–water partition coefficient (Wildman–Crippen LogP) is 2.31. The molecular weight excluding hydrogens is 208 g/mol. The first-order valence-corrected chi connectivity index (χ1v) is 6.03. The molecule has 0 N–H and O–H groups in total. The molecule has 0 unspecified atom stereocenters. The average molecular weight is 222 g/mol. The molecule has 1 aliphatic heterocycles. The van der Waals surface area contributed by atoms with Crippen molar-refractivity contribution in [2.45, 2.75) is 23.0 Å². The van der Waals surface area contributed by atoms with Crippen LogP contribution in [0, 0.1) is 0 Å². The molecule has 2 rings (SSSR count). The van der Waals surface area contributed by atoms with E-state index in [0.29, 0.717) is 11.7 Å². The van der Waals surface area contributed by atoms with Gasteiger partial charge in [-0.3, -0.25) is 0 Å². The monoisotopic (exact) mass is 222 g/mol. The Morgan fingerprint density at radius 3 is 2.60 bits per heavy atom. The fraction of sp³-hybridized carbons (Fsp3) is 0.417. The highest BCUT2D eigenvalue weighted by molar-refractivity contribution is 8.00. The lowest BCUT2D eigenvalue weighted by atomic mass is 10.1. The minimum Gasteiger partial charge on any atom is -0.379 e. The van der Waals surface area contributed by atoms with Crippen LogP contribution in [-0.4, -0.2) is 24.7 Å². The maximum absolute atomic E-state index is 10.2. The molecule has 0 atom stereocenters. The highest BCUT2D eigenvalue weighted by Crippen LogP contribution is 2.28. The third-order valence-electron chi connectivity index (χ3n) is 2.38. The molecule has 3 heteroatoms. The van der Waals surface area contributed by atoms with Gasteiger partial charge in [-0.15, -0.1) is 11.8 Å². The van der Waals surface area contributed by atoms with Crippen molar-refractivity contribution in [2.75, 3.05) is 13.2 Å². The smallest absolute Gasteiger partial charge is 0.120 e. The van der Waals surface area contributed by atoms with Gasteiger partial charge in [-0.2, -0.15) is 0 Å². The summed E-state index contributed by atoms with van der Waals surface area (Å²) in [6.07, 6.45) is 2.43. The van der Waals surface area contributed by atoms with Gasteiger partial charge in [0.2, 0.25) is 0 Å². The lowest BCUT2D eigenvalue weighted by molar-refractivity contribution is -0.107. The molecule has 1 fully saturated rings. The number of thioether (sulfide) groups is 1. The molecule has 15 heavy (non-hydrogen) atoms. The average Bonchev–Trinajstić information content (AvgIpc) is 2.22. The predicted molar refractivity (Wildman–Crippen MR) is 61.3 cm³/mol. The molecular formula is C12H14O2S. The number of aldehydes is 1. The highest BCUT2D eigenvalue weighted by atomic mass is 32.2. The van der Waals surface area contributed by atoms with E-state index >= 15 is 0 Å². The number of carbonyl (C=O) groups is 1. The van der Waals surface area contributed by atoms with Crippen LogP contribution in [0.2, 0.25) is 0 Å². The van der Waals surface area contributed by atoms with Crippen LogP contribution < -0.4 is 0 Å². The zero-order valence-electron chi connectivity index (χ0n) is 8.52. The molecule has 1 heterocycles. The van der Waals surface area contributed by atoms with Crippen molar-refractivity contribution in [3.8, 4) is 0 Å². The SMILES string of the molecule is O=CCCc1ccc(SC2COC2)cc1. The molecule has 1 saturated heterocycles. The van der Waals surface area contributed by atoms with E-state index in [0.717, 1.165) is 25.9 Å². The van der Waals surface area contributed by atoms with E-state index in [4.69, 9.17) is 4.74 Å². The van der Waals surface area contributed by atoms with Gasteiger partial charge in [-0.25, -0.2) is 0 Å². The lowest BCUT2D eigenvalue weighted by Crippen LogP contribution is -2.29. The Bertz CT molecular complexity index is 317. The van der Waals surface area contributed by atoms with E-state index < -0.39 is 0 Å². The normalized spacial score (nSPS) is 16.0. The Morgan fingerprint density at radius 2 is 2.07 bits per heavy atom. The van der Waals surface area contributed by atoms with Gasteiger partial charge in [0.15, 0.2) is 0 Å². The second kappa shape index (κ2) is 5.33. The van der Waals surface area contributed by atoms with E-state index in [1.165, 1.54) is 10.5 Å². The van der Waals surface area contributed by atoms with Crippen molar-refractivity contribution in [2.24, 2.45) is 0 Å². The molecule has 0 saturated carbocycles. The third kappa shape index (κ3) is 3.08. The Hall–Kier alpha value is -0.800. The summed E-state index contributed by atoms with van der Waals surface area (Å²) >= 11 is 1.87. The Kier molecular flexibility index (Phi) is 3.80. The number of hydrogen-bond acceptors (Lipinski definition) is 3. The number of aryl methyl sites for hydroxylation is 1. The van der Waals surface area contributed by atoms with Crippen LogP contribution >= 0.6 is 11.8 Å². The van der Waals surface area contributed by atoms with Gasteiger partial charge in [0.1, 0.15) is 6.29 Å². The minimum atomic E-state index is 0.614. The second-order valence-electron chi connectivity index (χ2n) is 3.63. The Labute approximate surface area is 94.0 Å². The molecule has 2 nitrogen and oxygen atoms in total. The topological polar surface area (TPSA) is 26.3 Å². The van der Waals surface area contributed by atoms with Crippen LogP contribution in [0.5, 0.6) is 0 Å². The fourth-order valence-electron chi connectivity index (χ4n) is 1.43. The summed E-state index contributed by atoms with van der Waals surface area (Å²) in [5.74, 6) is 0. The van der Waals surface area contributed by atoms with Crippen molar-refractivity contribution in [1.82, 2.24) is 0 Å². The van der Waals surface area contributed by atoms with E-state index in [1.807, 2.05) is 11.8 Å². The van der Waals surface area contributed by atoms with Gasteiger partial charge in [0.05, 0.1) is 18.5 Å². The zero-order valence-corrected chi connectivity index (χ0v) is 9.33. The number of hydrogen-bond donors (Lipinski definition) is 0. The maximum Gasteiger partial charge on any atom is 0.120 e. The van der Waals surface area contributed by atoms with Crippen molar-refractivity contribution < 1.29 is 9.53 Å². The summed E-state index contributed by atoms with van der Waals surface area (Å²) in [5.41, 5.74) is 1.23. The van der Waals surface area contributed by atoms with Crippen LogP contribution in [0.25, 0.3) is 0 Å². The van der Waals surface area contributed by atoms with E-state index in [1.54, 1.807) is 0 Å². The number of rotatable bonds is 5. The molecule has 80 valence electrons. The van der Waals surface area contributed by atoms with Gasteiger partial charge in [-0.05, 0) is 24.1 Å². The van der Waals surface area contributed by atoms with Crippen LogP contribution in [0.3, 0.4) is 0 Å². The number of ether oxygens (including phenoxy) is 1. The quantitative estimate of drug-likeness (QED) is 0.715. The van der Waals surface area contributed by atoms with Gasteiger partial charge in [0.25, 0.3) is 0 Å². The first-order chi connectivity index (χ1) is 7.38. The fourth-order valence-corrected chi connectivity index (χ4v) is 2.44. The number of carbonyl (C=O) groups excluding carboxylic acids is 1. The van der Waals surface area contributed by atoms with Crippen LogP contribution in [0.1, 0.15) is 12.0 Å². The summed E-state index contributed by atoms with van der Waals surface area (Å²) in [6.45, 7) is 1.75. The second-order valence-corrected chi connectivity index (χ2v) is 5.00. The van der Waals surface area contributed by atoms with Crippen molar-refractivity contribution in [3.05, 3.63) is 29.8 Å². The van der Waals surface area contributed by atoms with Crippen molar-refractivity contribution in [1.29, 1.82) is 0 Å². The number of benzene rings is 1. The van der Waals surface area contributed by atoms with Crippen LogP contribution in [-0.2, 0) is 16.0 Å². The minimum absolute atomic E-state index is 0.614. The standard InChI is InChI=1S/C12H14O2S/c13-7-1-2-10-3-5-11(6-4-10)15-12-8-14-9-12/h3-7,12H,1-2,8-9H2. The van der Waals surface area contributed by atoms with E-state index in [2.05, 4.69) is 24.3 Å². The zero-order chi connectivity index (χ0) is 10.5. The Balaban J connectivity index is 1.87. The molecule has 0 amide bonds. The molecule has 0 aliphatic carbocycles. The van der Waals surface area contributed by atoms with Crippen LogP contribution in [0.15, 0.2) is 29.2 Å². The van der Waals surface area contributed by atoms with E-state index in [9.17, 15) is 4.79 Å². The summed E-state index contributed by atoms with van der Waals surface area (Å²) < 4.78 is 5.12. The van der Waals surface area contributed by atoms with Crippen molar-refractivity contribution in [3.63, 3.8) is 0 Å². The molecule has 0 aromatic heterocycles. The Morgan fingerprint density at radius 1 is 1.33 bits per heavy atom. The van der Waals surface area contributed by atoms with Gasteiger partial charge in [0, 0.05) is 11.3 Å². The molecule has 0 spiro atoms. The molecule has 0 bridgehead atoms. The summed E-state index contributed by atoms with van der Waals surface area (Å²) in [4.78, 5) is 11.5. The largest absolute Gasteiger partial charge is 0.379 e. The van der Waals surface area contributed by atoms with E-state index in [-0.39, 0.29) is 0 Å².